The normalized spacial score (nSPS) is 20.1. The predicted octanol–water partition coefficient (Wildman–Crippen LogP) is 2.73. The van der Waals surface area contributed by atoms with Gasteiger partial charge in [0.1, 0.15) is 11.9 Å². The molecule has 1 aliphatic carbocycles. The molecule has 2 aliphatic rings. The number of hydrogen-bond acceptors (Lipinski definition) is 5. The molecule has 0 spiro atoms. The molecule has 2 amide bonds. The number of nitrogens with one attached hydrogen (secondary N) is 2. The molecule has 8 nitrogen and oxygen atoms in total. The maximum atomic E-state index is 13.3. The molecule has 10 heteroatoms. The van der Waals surface area contributed by atoms with Crippen molar-refractivity contribution in [2.45, 2.75) is 87.8 Å². The molecular weight excluding hydrogens is 461 g/mol. The first kappa shape index (κ1) is 26.6. The van der Waals surface area contributed by atoms with Crippen LogP contribution in [0.3, 0.4) is 0 Å². The van der Waals surface area contributed by atoms with Gasteiger partial charge in [0.15, 0.2) is 0 Å². The van der Waals surface area contributed by atoms with Gasteiger partial charge in [0.2, 0.25) is 21.8 Å². The molecule has 2 atom stereocenters. The molecule has 0 radical (unpaired) electrons. The van der Waals surface area contributed by atoms with Crippen molar-refractivity contribution in [3.8, 4) is 0 Å². The number of hydrogen-bond donors (Lipinski definition) is 2. The Labute approximate surface area is 201 Å². The van der Waals surface area contributed by atoms with E-state index >= 15 is 0 Å². The third-order valence-corrected chi connectivity index (χ3v) is 7.89. The Balaban J connectivity index is 1.73. The second kappa shape index (κ2) is 12.6. The highest BCUT2D eigenvalue weighted by atomic mass is 32.2. The zero-order valence-electron chi connectivity index (χ0n) is 19.8. The molecular formula is C24H36FN3O5S. The van der Waals surface area contributed by atoms with Gasteiger partial charge in [-0.25, -0.2) is 17.5 Å². The van der Waals surface area contributed by atoms with Crippen molar-refractivity contribution >= 4 is 21.8 Å². The molecule has 0 unspecified atom stereocenters. The Bertz CT molecular complexity index is 913. The van der Waals surface area contributed by atoms with E-state index < -0.39 is 34.3 Å². The second-order valence-corrected chi connectivity index (χ2v) is 10.9. The van der Waals surface area contributed by atoms with Crippen LogP contribution >= 0.6 is 0 Å². The summed E-state index contributed by atoms with van der Waals surface area (Å²) in [7, 11) is -4.01. The molecule has 34 heavy (non-hydrogen) atoms. The lowest BCUT2D eigenvalue weighted by atomic mass is 9.95. The first-order chi connectivity index (χ1) is 16.3. The van der Waals surface area contributed by atoms with Crippen LogP contribution in [0.25, 0.3) is 0 Å². The molecule has 1 saturated heterocycles. The minimum absolute atomic E-state index is 0.109. The van der Waals surface area contributed by atoms with Crippen molar-refractivity contribution in [2.75, 3.05) is 19.7 Å². The fourth-order valence-electron chi connectivity index (χ4n) is 4.61. The molecule has 1 heterocycles. The molecule has 1 aromatic carbocycles. The minimum atomic E-state index is -4.01. The lowest BCUT2D eigenvalue weighted by Crippen LogP contribution is -2.55. The Kier molecular flexibility index (Phi) is 9.85. The van der Waals surface area contributed by atoms with Crippen molar-refractivity contribution < 1.29 is 27.1 Å². The first-order valence-electron chi connectivity index (χ1n) is 12.3. The maximum absolute atomic E-state index is 13.3. The number of carbonyl (C=O) groups is 2. The summed E-state index contributed by atoms with van der Waals surface area (Å²) in [5.41, 5.74) is 0. The van der Waals surface area contributed by atoms with Crippen LogP contribution in [0.2, 0.25) is 0 Å². The molecule has 1 saturated carbocycles. The highest BCUT2D eigenvalue weighted by Gasteiger charge is 2.34. The number of carbonyl (C=O) groups excluding carboxylic acids is 2. The molecule has 1 aliphatic heterocycles. The molecule has 2 N–H and O–H groups in total. The van der Waals surface area contributed by atoms with E-state index in [4.69, 9.17) is 4.74 Å². The van der Waals surface area contributed by atoms with E-state index in [2.05, 4.69) is 10.0 Å². The van der Waals surface area contributed by atoms with Crippen LogP contribution in [-0.2, 0) is 24.3 Å². The van der Waals surface area contributed by atoms with Gasteiger partial charge in [-0.3, -0.25) is 9.59 Å². The van der Waals surface area contributed by atoms with Gasteiger partial charge < -0.3 is 15.0 Å². The Morgan fingerprint density at radius 2 is 1.82 bits per heavy atom. The number of halogens is 1. The summed E-state index contributed by atoms with van der Waals surface area (Å²) in [6.45, 7) is 2.30. The van der Waals surface area contributed by atoms with Crippen LogP contribution in [0, 0.1) is 5.82 Å². The summed E-state index contributed by atoms with van der Waals surface area (Å²) in [4.78, 5) is 27.9. The Morgan fingerprint density at radius 3 is 2.44 bits per heavy atom. The topological polar surface area (TPSA) is 105 Å². The number of amides is 2. The summed E-state index contributed by atoms with van der Waals surface area (Å²) in [5, 5.41) is 3.12. The Hall–Kier alpha value is -2.04. The summed E-state index contributed by atoms with van der Waals surface area (Å²) < 4.78 is 46.4. The Morgan fingerprint density at radius 1 is 1.12 bits per heavy atom. The molecule has 3 rings (SSSR count). The van der Waals surface area contributed by atoms with Gasteiger partial charge in [-0.2, -0.15) is 0 Å². The van der Waals surface area contributed by atoms with Crippen LogP contribution in [0.5, 0.6) is 0 Å². The van der Waals surface area contributed by atoms with Gasteiger partial charge in [0.05, 0.1) is 17.5 Å². The second-order valence-electron chi connectivity index (χ2n) is 9.11. The van der Waals surface area contributed by atoms with Crippen LogP contribution in [0.1, 0.15) is 64.7 Å². The van der Waals surface area contributed by atoms with Gasteiger partial charge in [-0.15, -0.1) is 0 Å². The van der Waals surface area contributed by atoms with Gasteiger partial charge in [-0.1, -0.05) is 32.6 Å². The van der Waals surface area contributed by atoms with Gasteiger partial charge in [0.25, 0.3) is 0 Å². The third kappa shape index (κ3) is 7.48. The first-order valence-corrected chi connectivity index (χ1v) is 13.7. The van der Waals surface area contributed by atoms with Crippen molar-refractivity contribution in [2.24, 2.45) is 0 Å². The number of nitrogens with zero attached hydrogens (tertiary/aromatic N) is 1. The van der Waals surface area contributed by atoms with E-state index in [-0.39, 0.29) is 29.5 Å². The van der Waals surface area contributed by atoms with Crippen molar-refractivity contribution in [1.29, 1.82) is 0 Å². The minimum Gasteiger partial charge on any atom is -0.376 e. The van der Waals surface area contributed by atoms with Crippen LogP contribution in [0.4, 0.5) is 4.39 Å². The molecule has 2 fully saturated rings. The van der Waals surface area contributed by atoms with Crippen LogP contribution in [-0.4, -0.2) is 63.0 Å². The van der Waals surface area contributed by atoms with Crippen molar-refractivity contribution in [3.05, 3.63) is 30.1 Å². The zero-order chi connectivity index (χ0) is 24.6. The monoisotopic (exact) mass is 497 g/mol. The van der Waals surface area contributed by atoms with Crippen molar-refractivity contribution in [1.82, 2.24) is 14.9 Å². The lowest BCUT2D eigenvalue weighted by Gasteiger charge is -2.34. The molecule has 1 aromatic rings. The predicted molar refractivity (Wildman–Crippen MR) is 126 cm³/mol. The number of rotatable bonds is 11. The standard InChI is InChI=1S/C24H36FN3O5S/c1-2-7-22(24(30)27-19-8-4-3-5-9-19)28(17-20-10-6-15-33-20)23(29)16-26-34(31,32)21-13-11-18(25)12-14-21/h11-14,19-20,22,26H,2-10,15-17H2,1H3,(H,27,30)/t20-,22+/m0/s1. The van der Waals surface area contributed by atoms with E-state index in [1.165, 1.54) is 11.3 Å². The number of ether oxygens (including phenoxy) is 1. The smallest absolute Gasteiger partial charge is 0.243 e. The number of benzene rings is 1. The largest absolute Gasteiger partial charge is 0.376 e. The molecule has 190 valence electrons. The van der Waals surface area contributed by atoms with E-state index in [0.29, 0.717) is 19.4 Å². The van der Waals surface area contributed by atoms with E-state index in [0.717, 1.165) is 62.8 Å². The average molecular weight is 498 g/mol. The van der Waals surface area contributed by atoms with Gasteiger partial charge in [-0.05, 0) is 56.4 Å². The quantitative estimate of drug-likeness (QED) is 0.489. The average Bonchev–Trinajstić information content (AvgIpc) is 3.34. The summed E-state index contributed by atoms with van der Waals surface area (Å²) >= 11 is 0. The fraction of sp³-hybridized carbons (Fsp3) is 0.667. The molecule has 0 bridgehead atoms. The fourth-order valence-corrected chi connectivity index (χ4v) is 5.59. The zero-order valence-corrected chi connectivity index (χ0v) is 20.6. The van der Waals surface area contributed by atoms with Crippen molar-refractivity contribution in [3.63, 3.8) is 0 Å². The summed E-state index contributed by atoms with van der Waals surface area (Å²) in [6, 6.07) is 3.80. The van der Waals surface area contributed by atoms with E-state index in [1.807, 2.05) is 6.92 Å². The number of sulfonamides is 1. The summed E-state index contributed by atoms with van der Waals surface area (Å²) in [6.07, 6.45) is 7.84. The maximum Gasteiger partial charge on any atom is 0.243 e. The lowest BCUT2D eigenvalue weighted by molar-refractivity contribution is -0.142. The van der Waals surface area contributed by atoms with E-state index in [1.54, 1.807) is 0 Å². The van der Waals surface area contributed by atoms with Gasteiger partial charge >= 0.3 is 0 Å². The van der Waals surface area contributed by atoms with Crippen LogP contribution in [0.15, 0.2) is 29.2 Å². The van der Waals surface area contributed by atoms with E-state index in [9.17, 15) is 22.4 Å². The SMILES string of the molecule is CCC[C@H](C(=O)NC1CCCCC1)N(C[C@@H]1CCCO1)C(=O)CNS(=O)(=O)c1ccc(F)cc1. The summed E-state index contributed by atoms with van der Waals surface area (Å²) in [5.74, 6) is -1.23. The van der Waals surface area contributed by atoms with Crippen LogP contribution < -0.4 is 10.0 Å². The molecule has 0 aromatic heterocycles. The third-order valence-electron chi connectivity index (χ3n) is 6.47. The van der Waals surface area contributed by atoms with Gasteiger partial charge in [0, 0.05) is 19.2 Å². The highest BCUT2D eigenvalue weighted by Crippen LogP contribution is 2.20. The highest BCUT2D eigenvalue weighted by molar-refractivity contribution is 7.89.